The van der Waals surface area contributed by atoms with Gasteiger partial charge in [-0.1, -0.05) is 6.07 Å². The molecule has 3 atom stereocenters. The Hall–Kier alpha value is -1.79. The Morgan fingerprint density at radius 2 is 2.10 bits per heavy atom. The molecular weight excluding hydrogens is 273 g/mol. The van der Waals surface area contributed by atoms with Gasteiger partial charge < -0.3 is 10.0 Å². The molecule has 3 unspecified atom stereocenters. The maximum absolute atomic E-state index is 12.7. The maximum atomic E-state index is 12.7. The Kier molecular flexibility index (Phi) is 2.88. The van der Waals surface area contributed by atoms with Gasteiger partial charge in [-0.25, -0.2) is 4.98 Å². The number of pyridine rings is 1. The molecule has 2 fully saturated rings. The normalized spacial score (nSPS) is 28.9. The van der Waals surface area contributed by atoms with Gasteiger partial charge in [-0.15, -0.1) is 0 Å². The molecule has 0 aliphatic carbocycles. The average molecular weight is 286 g/mol. The lowest BCUT2D eigenvalue weighted by atomic mass is 9.89. The summed E-state index contributed by atoms with van der Waals surface area (Å²) in [5.41, 5.74) is -0.937. The fourth-order valence-electron chi connectivity index (χ4n) is 3.34. The summed E-state index contributed by atoms with van der Waals surface area (Å²) < 4.78 is 38.1. The van der Waals surface area contributed by atoms with E-state index in [-0.39, 0.29) is 17.9 Å². The van der Waals surface area contributed by atoms with Crippen molar-refractivity contribution in [2.75, 3.05) is 4.90 Å². The number of nitrogens with zero attached hydrogens (tertiary/aromatic N) is 2. The van der Waals surface area contributed by atoms with Crippen molar-refractivity contribution < 1.29 is 23.1 Å². The molecular formula is C13H13F3N2O2. The third kappa shape index (κ3) is 2.01. The molecule has 1 aromatic heterocycles. The van der Waals surface area contributed by atoms with Gasteiger partial charge in [0.25, 0.3) is 0 Å². The number of hydrogen-bond donors (Lipinski definition) is 1. The molecule has 1 aromatic rings. The quantitative estimate of drug-likeness (QED) is 0.907. The molecule has 3 rings (SSSR count). The molecule has 0 saturated carbocycles. The van der Waals surface area contributed by atoms with Gasteiger partial charge in [0.05, 0.1) is 5.92 Å². The van der Waals surface area contributed by atoms with Crippen LogP contribution in [0.1, 0.15) is 25.0 Å². The number of alkyl halides is 3. The molecule has 7 heteroatoms. The van der Waals surface area contributed by atoms with Crippen LogP contribution in [-0.4, -0.2) is 28.1 Å². The third-order valence-corrected chi connectivity index (χ3v) is 4.14. The van der Waals surface area contributed by atoms with Crippen molar-refractivity contribution in [2.24, 2.45) is 5.92 Å². The van der Waals surface area contributed by atoms with Gasteiger partial charge in [0.1, 0.15) is 11.5 Å². The van der Waals surface area contributed by atoms with E-state index in [1.165, 1.54) is 12.1 Å². The predicted molar refractivity (Wildman–Crippen MR) is 64.3 cm³/mol. The third-order valence-electron chi connectivity index (χ3n) is 4.14. The molecule has 0 aromatic carbocycles. The zero-order valence-electron chi connectivity index (χ0n) is 10.5. The highest BCUT2D eigenvalue weighted by Gasteiger charge is 2.50. The first-order chi connectivity index (χ1) is 9.38. The van der Waals surface area contributed by atoms with Crippen LogP contribution in [0.3, 0.4) is 0 Å². The first-order valence-corrected chi connectivity index (χ1v) is 6.43. The van der Waals surface area contributed by atoms with Gasteiger partial charge >= 0.3 is 12.1 Å². The average Bonchev–Trinajstić information content (AvgIpc) is 2.95. The highest BCUT2D eigenvalue weighted by Crippen LogP contribution is 2.44. The van der Waals surface area contributed by atoms with Crippen LogP contribution in [0.2, 0.25) is 0 Å². The van der Waals surface area contributed by atoms with Gasteiger partial charge in [-0.3, -0.25) is 4.79 Å². The summed E-state index contributed by atoms with van der Waals surface area (Å²) in [6, 6.07) is 3.50. The van der Waals surface area contributed by atoms with E-state index in [2.05, 4.69) is 4.98 Å². The van der Waals surface area contributed by atoms with Crippen molar-refractivity contribution in [3.8, 4) is 0 Å². The summed E-state index contributed by atoms with van der Waals surface area (Å²) in [4.78, 5) is 16.6. The van der Waals surface area contributed by atoms with Gasteiger partial charge in [0.15, 0.2) is 0 Å². The number of carbonyl (C=O) groups is 1. The largest absolute Gasteiger partial charge is 0.481 e. The zero-order valence-corrected chi connectivity index (χ0v) is 10.5. The summed E-state index contributed by atoms with van der Waals surface area (Å²) in [7, 11) is 0. The molecule has 20 heavy (non-hydrogen) atoms. The Labute approximate surface area is 113 Å². The number of fused-ring (bicyclic) bond motifs is 2. The second-order valence-corrected chi connectivity index (χ2v) is 5.27. The fraction of sp³-hybridized carbons (Fsp3) is 0.538. The fourth-order valence-corrected chi connectivity index (χ4v) is 3.34. The van der Waals surface area contributed by atoms with E-state index in [9.17, 15) is 18.0 Å². The summed E-state index contributed by atoms with van der Waals surface area (Å²) in [5.74, 6) is -1.16. The van der Waals surface area contributed by atoms with E-state index < -0.39 is 23.8 Å². The van der Waals surface area contributed by atoms with Crippen molar-refractivity contribution in [3.63, 3.8) is 0 Å². The summed E-state index contributed by atoms with van der Waals surface area (Å²) in [6.45, 7) is 0. The predicted octanol–water partition coefficient (Wildman–Crippen LogP) is 2.54. The number of carboxylic acids is 1. The minimum Gasteiger partial charge on any atom is -0.481 e. The van der Waals surface area contributed by atoms with Crippen LogP contribution in [0, 0.1) is 5.92 Å². The number of aliphatic carboxylic acids is 1. The highest BCUT2D eigenvalue weighted by molar-refractivity contribution is 5.73. The van der Waals surface area contributed by atoms with Crippen LogP contribution in [0.25, 0.3) is 0 Å². The first-order valence-electron chi connectivity index (χ1n) is 6.43. The van der Waals surface area contributed by atoms with Gasteiger partial charge in [-0.2, -0.15) is 13.2 Å². The van der Waals surface area contributed by atoms with Gasteiger partial charge in [0, 0.05) is 12.1 Å². The van der Waals surface area contributed by atoms with E-state index in [1.807, 2.05) is 0 Å². The van der Waals surface area contributed by atoms with E-state index in [4.69, 9.17) is 5.11 Å². The summed E-state index contributed by atoms with van der Waals surface area (Å²) in [5, 5.41) is 9.16. The number of aromatic nitrogens is 1. The van der Waals surface area contributed by atoms with Crippen molar-refractivity contribution in [3.05, 3.63) is 23.9 Å². The number of halogens is 3. The van der Waals surface area contributed by atoms with E-state index >= 15 is 0 Å². The van der Waals surface area contributed by atoms with E-state index in [0.717, 1.165) is 12.5 Å². The molecule has 2 aliphatic heterocycles. The second-order valence-electron chi connectivity index (χ2n) is 5.27. The molecule has 0 spiro atoms. The molecule has 3 heterocycles. The highest BCUT2D eigenvalue weighted by atomic mass is 19.4. The number of carboxylic acid groups (broad SMARTS) is 1. The monoisotopic (exact) mass is 286 g/mol. The minimum atomic E-state index is -4.49. The molecule has 2 aliphatic rings. The van der Waals surface area contributed by atoms with Crippen LogP contribution >= 0.6 is 0 Å². The van der Waals surface area contributed by atoms with Gasteiger partial charge in [-0.05, 0) is 31.4 Å². The lowest BCUT2D eigenvalue weighted by molar-refractivity contribution is -0.142. The van der Waals surface area contributed by atoms with Crippen molar-refractivity contribution >= 4 is 11.8 Å². The van der Waals surface area contributed by atoms with Crippen LogP contribution in [0.4, 0.5) is 19.0 Å². The topological polar surface area (TPSA) is 53.4 Å². The molecule has 2 bridgehead atoms. The van der Waals surface area contributed by atoms with E-state index in [0.29, 0.717) is 12.8 Å². The summed E-state index contributed by atoms with van der Waals surface area (Å²) >= 11 is 0. The summed E-state index contributed by atoms with van der Waals surface area (Å²) in [6.07, 6.45) is -2.50. The van der Waals surface area contributed by atoms with Crippen LogP contribution < -0.4 is 4.90 Å². The molecule has 2 saturated heterocycles. The number of rotatable bonds is 2. The lowest BCUT2D eigenvalue weighted by Gasteiger charge is -2.24. The Bertz CT molecular complexity index is 547. The van der Waals surface area contributed by atoms with Crippen LogP contribution in [-0.2, 0) is 11.0 Å². The molecule has 1 N–H and O–H groups in total. The van der Waals surface area contributed by atoms with Crippen LogP contribution in [0.15, 0.2) is 18.2 Å². The van der Waals surface area contributed by atoms with Crippen molar-refractivity contribution in [1.82, 2.24) is 4.98 Å². The number of anilines is 1. The minimum absolute atomic E-state index is 0.0166. The molecule has 0 amide bonds. The lowest BCUT2D eigenvalue weighted by Crippen LogP contribution is -2.33. The maximum Gasteiger partial charge on any atom is 0.433 e. The molecule has 0 radical (unpaired) electrons. The SMILES string of the molecule is O=C(O)C1CC2CCC1N2c1cccc(C(F)(F)F)n1. The Morgan fingerprint density at radius 3 is 2.70 bits per heavy atom. The van der Waals surface area contributed by atoms with Gasteiger partial charge in [0.2, 0.25) is 0 Å². The zero-order chi connectivity index (χ0) is 14.5. The second kappa shape index (κ2) is 4.36. The molecule has 108 valence electrons. The van der Waals surface area contributed by atoms with Crippen molar-refractivity contribution in [2.45, 2.75) is 37.5 Å². The first kappa shape index (κ1) is 13.2. The van der Waals surface area contributed by atoms with E-state index in [1.54, 1.807) is 4.90 Å². The van der Waals surface area contributed by atoms with Crippen molar-refractivity contribution in [1.29, 1.82) is 0 Å². The van der Waals surface area contributed by atoms with Crippen LogP contribution in [0.5, 0.6) is 0 Å². The molecule has 4 nitrogen and oxygen atoms in total. The number of hydrogen-bond acceptors (Lipinski definition) is 3. The Balaban J connectivity index is 1.93. The smallest absolute Gasteiger partial charge is 0.433 e. The standard InChI is InChI=1S/C13H13F3N2O2/c14-13(15,16)10-2-1-3-11(17-10)18-7-4-5-9(18)8(6-7)12(19)20/h1-3,7-9H,4-6H2,(H,19,20). The Morgan fingerprint density at radius 1 is 1.35 bits per heavy atom.